The van der Waals surface area contributed by atoms with Crippen LogP contribution in [0.25, 0.3) is 0 Å². The molecule has 0 radical (unpaired) electrons. The number of hydrogen-bond donors (Lipinski definition) is 1. The molecule has 76 valence electrons. The fourth-order valence-corrected chi connectivity index (χ4v) is 1.58. The summed E-state index contributed by atoms with van der Waals surface area (Å²) in [5.41, 5.74) is -0.309. The highest BCUT2D eigenvalue weighted by Gasteiger charge is 2.43. The van der Waals surface area contributed by atoms with Crippen molar-refractivity contribution in [3.05, 3.63) is 0 Å². The van der Waals surface area contributed by atoms with Crippen molar-refractivity contribution in [3.63, 3.8) is 0 Å². The minimum absolute atomic E-state index is 0.309. The van der Waals surface area contributed by atoms with E-state index >= 15 is 0 Å². The maximum absolute atomic E-state index is 5.73. The van der Waals surface area contributed by atoms with Gasteiger partial charge in [0.1, 0.15) is 5.60 Å². The summed E-state index contributed by atoms with van der Waals surface area (Å²) in [5, 5.41) is 3.26. The molecule has 13 heavy (non-hydrogen) atoms. The van der Waals surface area contributed by atoms with E-state index in [0.717, 1.165) is 25.9 Å². The van der Waals surface area contributed by atoms with Crippen LogP contribution in [-0.4, -0.2) is 31.1 Å². The molecule has 0 unspecified atom stereocenters. The van der Waals surface area contributed by atoms with Gasteiger partial charge in [-0.1, -0.05) is 0 Å². The van der Waals surface area contributed by atoms with E-state index in [2.05, 4.69) is 5.32 Å². The maximum Gasteiger partial charge on any atom is 0.204 e. The fraction of sp³-hybridized carbons (Fsp3) is 1.00. The van der Waals surface area contributed by atoms with E-state index in [9.17, 15) is 0 Å². The molecule has 4 heteroatoms. The van der Waals surface area contributed by atoms with Crippen molar-refractivity contribution in [3.8, 4) is 0 Å². The third kappa shape index (κ3) is 2.02. The molecule has 2 saturated heterocycles. The van der Waals surface area contributed by atoms with Crippen LogP contribution in [0.3, 0.4) is 0 Å². The molecule has 2 rings (SSSR count). The van der Waals surface area contributed by atoms with Gasteiger partial charge in [-0.25, -0.2) is 9.78 Å². The predicted octanol–water partition coefficient (Wildman–Crippen LogP) is 0.823. The van der Waals surface area contributed by atoms with Crippen LogP contribution in [0, 0.1) is 0 Å². The van der Waals surface area contributed by atoms with Gasteiger partial charge in [0, 0.05) is 25.9 Å². The molecule has 1 N–H and O–H groups in total. The van der Waals surface area contributed by atoms with Gasteiger partial charge in [-0.15, -0.1) is 0 Å². The Morgan fingerprint density at radius 2 is 1.77 bits per heavy atom. The maximum atomic E-state index is 5.73. The van der Waals surface area contributed by atoms with Crippen molar-refractivity contribution in [1.29, 1.82) is 0 Å². The van der Waals surface area contributed by atoms with E-state index in [1.165, 1.54) is 0 Å². The Labute approximate surface area is 78.5 Å². The highest BCUT2D eigenvalue weighted by molar-refractivity contribution is 4.81. The van der Waals surface area contributed by atoms with Crippen LogP contribution in [-0.2, 0) is 14.5 Å². The zero-order valence-corrected chi connectivity index (χ0v) is 8.26. The lowest BCUT2D eigenvalue weighted by molar-refractivity contribution is -0.510. The van der Waals surface area contributed by atoms with Gasteiger partial charge >= 0.3 is 0 Å². The lowest BCUT2D eigenvalue weighted by Crippen LogP contribution is -2.53. The molecule has 2 fully saturated rings. The van der Waals surface area contributed by atoms with Gasteiger partial charge in [0.05, 0.1) is 6.61 Å². The van der Waals surface area contributed by atoms with Crippen molar-refractivity contribution in [2.24, 2.45) is 0 Å². The first-order valence-corrected chi connectivity index (χ1v) is 4.84. The van der Waals surface area contributed by atoms with Gasteiger partial charge < -0.3 is 10.1 Å². The number of nitrogens with one attached hydrogen (secondary N) is 1. The van der Waals surface area contributed by atoms with E-state index in [0.29, 0.717) is 6.61 Å². The van der Waals surface area contributed by atoms with Gasteiger partial charge in [-0.05, 0) is 13.8 Å². The number of piperidine rings is 1. The predicted molar refractivity (Wildman–Crippen MR) is 47.0 cm³/mol. The Morgan fingerprint density at radius 3 is 2.31 bits per heavy atom. The van der Waals surface area contributed by atoms with Crippen LogP contribution in [0.5, 0.6) is 0 Å². The molecule has 0 amide bonds. The lowest BCUT2D eigenvalue weighted by atomic mass is 10.0. The average Bonchev–Trinajstić information content (AvgIpc) is 2.13. The van der Waals surface area contributed by atoms with Crippen molar-refractivity contribution < 1.29 is 14.5 Å². The Bertz CT molecular complexity index is 175. The quantitative estimate of drug-likeness (QED) is 0.570. The summed E-state index contributed by atoms with van der Waals surface area (Å²) >= 11 is 0. The molecule has 2 aliphatic heterocycles. The molecule has 0 aromatic rings. The van der Waals surface area contributed by atoms with Crippen molar-refractivity contribution >= 4 is 0 Å². The summed E-state index contributed by atoms with van der Waals surface area (Å²) in [7, 11) is 0. The van der Waals surface area contributed by atoms with E-state index in [-0.39, 0.29) is 5.60 Å². The van der Waals surface area contributed by atoms with Gasteiger partial charge in [0.2, 0.25) is 5.79 Å². The zero-order chi connectivity index (χ0) is 9.36. The van der Waals surface area contributed by atoms with E-state index in [4.69, 9.17) is 14.5 Å². The van der Waals surface area contributed by atoms with E-state index in [1.54, 1.807) is 0 Å². The molecule has 4 nitrogen and oxygen atoms in total. The van der Waals surface area contributed by atoms with E-state index in [1.807, 2.05) is 13.8 Å². The largest absolute Gasteiger partial charge is 0.344 e. The molecule has 0 aromatic carbocycles. The van der Waals surface area contributed by atoms with Crippen LogP contribution in [0.15, 0.2) is 0 Å². The van der Waals surface area contributed by atoms with Crippen molar-refractivity contribution in [1.82, 2.24) is 5.32 Å². The van der Waals surface area contributed by atoms with Crippen molar-refractivity contribution in [2.75, 3.05) is 19.7 Å². The minimum Gasteiger partial charge on any atom is -0.344 e. The summed E-state index contributed by atoms with van der Waals surface area (Å²) in [4.78, 5) is 10.7. The number of rotatable bonds is 0. The Balaban J connectivity index is 1.95. The Morgan fingerprint density at radius 1 is 1.08 bits per heavy atom. The van der Waals surface area contributed by atoms with Crippen LogP contribution in [0.2, 0.25) is 0 Å². The van der Waals surface area contributed by atoms with Crippen molar-refractivity contribution in [2.45, 2.75) is 38.1 Å². The van der Waals surface area contributed by atoms with Crippen LogP contribution in [0.4, 0.5) is 0 Å². The highest BCUT2D eigenvalue weighted by atomic mass is 17.2. The summed E-state index contributed by atoms with van der Waals surface area (Å²) in [5.74, 6) is -0.471. The summed E-state index contributed by atoms with van der Waals surface area (Å²) in [6.07, 6.45) is 1.73. The molecule has 1 spiro atoms. The van der Waals surface area contributed by atoms with Gasteiger partial charge in [-0.3, -0.25) is 0 Å². The van der Waals surface area contributed by atoms with Crippen LogP contribution >= 0.6 is 0 Å². The van der Waals surface area contributed by atoms with Gasteiger partial charge in [-0.2, -0.15) is 0 Å². The fourth-order valence-electron chi connectivity index (χ4n) is 1.58. The second kappa shape index (κ2) is 3.20. The van der Waals surface area contributed by atoms with Crippen LogP contribution in [0.1, 0.15) is 26.7 Å². The first-order valence-electron chi connectivity index (χ1n) is 4.84. The molecule has 2 heterocycles. The molecule has 0 saturated carbocycles. The Hall–Kier alpha value is -0.160. The average molecular weight is 187 g/mol. The molecule has 0 bridgehead atoms. The monoisotopic (exact) mass is 187 g/mol. The molecule has 0 aromatic heterocycles. The van der Waals surface area contributed by atoms with Gasteiger partial charge in [0.15, 0.2) is 0 Å². The summed E-state index contributed by atoms with van der Waals surface area (Å²) in [6.45, 7) is 6.39. The molecular formula is C9H17NO3. The summed E-state index contributed by atoms with van der Waals surface area (Å²) in [6, 6.07) is 0. The highest BCUT2D eigenvalue weighted by Crippen LogP contribution is 2.32. The topological polar surface area (TPSA) is 39.7 Å². The third-order valence-electron chi connectivity index (χ3n) is 2.47. The number of ether oxygens (including phenoxy) is 1. The molecule has 0 atom stereocenters. The second-order valence-corrected chi connectivity index (χ2v) is 4.38. The standard InChI is InChI=1S/C9H17NO3/c1-8(2)7-11-9(13-12-8)3-5-10-6-4-9/h10H,3-7H2,1-2H3. The normalized spacial score (nSPS) is 31.8. The molecule has 0 aliphatic carbocycles. The SMILES string of the molecule is CC1(C)COC2(CCNCC2)OO1. The third-order valence-corrected chi connectivity index (χ3v) is 2.47. The van der Waals surface area contributed by atoms with Crippen LogP contribution < -0.4 is 5.32 Å². The molecular weight excluding hydrogens is 170 g/mol. The minimum atomic E-state index is -0.471. The first-order chi connectivity index (χ1) is 6.12. The Kier molecular flexibility index (Phi) is 2.32. The van der Waals surface area contributed by atoms with E-state index < -0.39 is 5.79 Å². The first kappa shape index (κ1) is 9.40. The lowest BCUT2D eigenvalue weighted by Gasteiger charge is -2.43. The zero-order valence-electron chi connectivity index (χ0n) is 8.26. The summed E-state index contributed by atoms with van der Waals surface area (Å²) < 4.78 is 5.73. The number of hydrogen-bond acceptors (Lipinski definition) is 4. The second-order valence-electron chi connectivity index (χ2n) is 4.38. The van der Waals surface area contributed by atoms with Gasteiger partial charge in [0.25, 0.3) is 0 Å². The smallest absolute Gasteiger partial charge is 0.204 e. The molecule has 2 aliphatic rings.